The summed E-state index contributed by atoms with van der Waals surface area (Å²) in [5, 5.41) is 0. The van der Waals surface area contributed by atoms with Crippen LogP contribution in [0, 0.1) is 6.92 Å². The first-order chi connectivity index (χ1) is 14.4. The van der Waals surface area contributed by atoms with Gasteiger partial charge in [0.15, 0.2) is 12.6 Å². The van der Waals surface area contributed by atoms with Crippen molar-refractivity contribution in [3.05, 3.63) is 56.2 Å². The molecule has 0 saturated heterocycles. The Morgan fingerprint density at radius 1 is 1.17 bits per heavy atom. The minimum Gasteiger partial charge on any atom is -0.478 e. The highest BCUT2D eigenvalue weighted by Crippen LogP contribution is 2.45. The first-order valence-corrected chi connectivity index (χ1v) is 10.7. The Morgan fingerprint density at radius 3 is 2.80 bits per heavy atom. The molecule has 0 aliphatic carbocycles. The van der Waals surface area contributed by atoms with Crippen LogP contribution in [0.4, 0.5) is 0 Å². The lowest BCUT2D eigenvalue weighted by atomic mass is 9.98. The minimum absolute atomic E-state index is 0.118. The van der Waals surface area contributed by atoms with Gasteiger partial charge in [-0.1, -0.05) is 15.9 Å². The SMILES string of the molecule is Cc1cc2c(c3c1C(=O)/C(=C/c1cc(Br)cc4c1OCOC4)O3)CN(C(C)C)CO2. The number of halogens is 1. The van der Waals surface area contributed by atoms with Gasteiger partial charge in [-0.15, -0.1) is 0 Å². The van der Waals surface area contributed by atoms with Crippen molar-refractivity contribution in [3.63, 3.8) is 0 Å². The third kappa shape index (κ3) is 3.21. The fourth-order valence-corrected chi connectivity index (χ4v) is 4.56. The molecule has 0 saturated carbocycles. The number of aryl methyl sites for hydroxylation is 1. The molecular formula is C23H22BrNO5. The lowest BCUT2D eigenvalue weighted by molar-refractivity contribution is -0.0165. The molecule has 0 amide bonds. The van der Waals surface area contributed by atoms with Gasteiger partial charge in [0.1, 0.15) is 24.0 Å². The molecule has 0 N–H and O–H groups in total. The average molecular weight is 472 g/mol. The van der Waals surface area contributed by atoms with E-state index < -0.39 is 0 Å². The summed E-state index contributed by atoms with van der Waals surface area (Å²) in [6.45, 7) is 8.04. The van der Waals surface area contributed by atoms with Crippen LogP contribution in [0.5, 0.6) is 17.2 Å². The molecule has 3 aliphatic heterocycles. The quantitative estimate of drug-likeness (QED) is 0.586. The number of benzene rings is 2. The summed E-state index contributed by atoms with van der Waals surface area (Å²) in [5.41, 5.74) is 4.11. The van der Waals surface area contributed by atoms with Crippen molar-refractivity contribution in [2.45, 2.75) is 40.0 Å². The van der Waals surface area contributed by atoms with Gasteiger partial charge < -0.3 is 18.9 Å². The summed E-state index contributed by atoms with van der Waals surface area (Å²) in [5.74, 6) is 2.29. The molecular weight excluding hydrogens is 450 g/mol. The summed E-state index contributed by atoms with van der Waals surface area (Å²) in [6, 6.07) is 6.15. The summed E-state index contributed by atoms with van der Waals surface area (Å²) in [6.07, 6.45) is 1.76. The van der Waals surface area contributed by atoms with Gasteiger partial charge >= 0.3 is 0 Å². The van der Waals surface area contributed by atoms with Crippen LogP contribution in [0.3, 0.4) is 0 Å². The van der Waals surface area contributed by atoms with Crippen LogP contribution in [0.25, 0.3) is 6.08 Å². The molecule has 0 bridgehead atoms. The number of carbonyl (C=O) groups is 1. The van der Waals surface area contributed by atoms with Gasteiger partial charge in [-0.05, 0) is 50.6 Å². The predicted molar refractivity (Wildman–Crippen MR) is 115 cm³/mol. The van der Waals surface area contributed by atoms with Crippen molar-refractivity contribution in [2.75, 3.05) is 13.5 Å². The molecule has 0 fully saturated rings. The number of hydrogen-bond donors (Lipinski definition) is 0. The van der Waals surface area contributed by atoms with E-state index in [4.69, 9.17) is 18.9 Å². The minimum atomic E-state index is -0.118. The standard InChI is InChI=1S/C23H22BrNO5/c1-12(2)25-8-17-18(28-10-25)4-13(3)20-21(26)19(30-23(17)20)7-14-5-16(24)6-15-9-27-11-29-22(14)15/h4-7,12H,8-11H2,1-3H3/b19-7-. The number of nitrogens with zero attached hydrogens (tertiary/aromatic N) is 1. The van der Waals surface area contributed by atoms with Gasteiger partial charge in [-0.3, -0.25) is 9.69 Å². The first kappa shape index (κ1) is 19.6. The van der Waals surface area contributed by atoms with Crippen molar-refractivity contribution < 1.29 is 23.7 Å². The molecule has 0 spiro atoms. The van der Waals surface area contributed by atoms with Crippen LogP contribution in [0.1, 0.15) is 46.5 Å². The zero-order chi connectivity index (χ0) is 21.0. The molecule has 6 nitrogen and oxygen atoms in total. The lowest BCUT2D eigenvalue weighted by Gasteiger charge is -2.32. The lowest BCUT2D eigenvalue weighted by Crippen LogP contribution is -2.37. The van der Waals surface area contributed by atoms with Gasteiger partial charge in [0.25, 0.3) is 0 Å². The van der Waals surface area contributed by atoms with E-state index in [2.05, 4.69) is 34.7 Å². The van der Waals surface area contributed by atoms with Crippen molar-refractivity contribution in [1.82, 2.24) is 4.90 Å². The Bertz CT molecular complexity index is 1090. The van der Waals surface area contributed by atoms with Gasteiger partial charge in [0.05, 0.1) is 17.7 Å². The number of Topliss-reactive ketones (excluding diaryl/α,β-unsaturated/α-hetero) is 1. The monoisotopic (exact) mass is 471 g/mol. The molecule has 7 heteroatoms. The number of hydrogen-bond acceptors (Lipinski definition) is 6. The number of allylic oxidation sites excluding steroid dienone is 1. The van der Waals surface area contributed by atoms with E-state index in [1.807, 2.05) is 25.1 Å². The summed E-state index contributed by atoms with van der Waals surface area (Å²) < 4.78 is 24.1. The van der Waals surface area contributed by atoms with Crippen molar-refractivity contribution in [3.8, 4) is 17.2 Å². The molecule has 0 aromatic heterocycles. The molecule has 2 aromatic rings. The third-order valence-corrected chi connectivity index (χ3v) is 6.13. The molecule has 2 aromatic carbocycles. The van der Waals surface area contributed by atoms with Crippen molar-refractivity contribution >= 4 is 27.8 Å². The highest BCUT2D eigenvalue weighted by molar-refractivity contribution is 9.10. The third-order valence-electron chi connectivity index (χ3n) is 5.67. The molecule has 0 atom stereocenters. The van der Waals surface area contributed by atoms with E-state index in [0.29, 0.717) is 43.0 Å². The summed E-state index contributed by atoms with van der Waals surface area (Å²) in [4.78, 5) is 15.5. The molecule has 5 rings (SSSR count). The van der Waals surface area contributed by atoms with Crippen LogP contribution in [-0.4, -0.2) is 30.2 Å². The fourth-order valence-electron chi connectivity index (χ4n) is 4.04. The summed E-state index contributed by atoms with van der Waals surface area (Å²) in [7, 11) is 0. The second-order valence-electron chi connectivity index (χ2n) is 8.02. The van der Waals surface area contributed by atoms with E-state index in [-0.39, 0.29) is 12.6 Å². The normalized spacial score (nSPS) is 19.1. The number of ether oxygens (including phenoxy) is 4. The maximum absolute atomic E-state index is 13.3. The molecule has 30 heavy (non-hydrogen) atoms. The van der Waals surface area contributed by atoms with Gasteiger partial charge in [0, 0.05) is 28.2 Å². The zero-order valence-corrected chi connectivity index (χ0v) is 18.7. The zero-order valence-electron chi connectivity index (χ0n) is 17.1. The largest absolute Gasteiger partial charge is 0.478 e. The second kappa shape index (κ2) is 7.41. The molecule has 3 aliphatic rings. The highest BCUT2D eigenvalue weighted by Gasteiger charge is 2.36. The Hall–Kier alpha value is -2.35. The van der Waals surface area contributed by atoms with E-state index in [9.17, 15) is 4.79 Å². The molecule has 3 heterocycles. The molecule has 0 radical (unpaired) electrons. The van der Waals surface area contributed by atoms with Gasteiger partial charge in [-0.2, -0.15) is 0 Å². The van der Waals surface area contributed by atoms with Crippen LogP contribution < -0.4 is 14.2 Å². The number of carbonyl (C=O) groups excluding carboxylic acids is 1. The molecule has 156 valence electrons. The Kier molecular flexibility index (Phi) is 4.84. The number of fused-ring (bicyclic) bond motifs is 4. The second-order valence-corrected chi connectivity index (χ2v) is 8.94. The predicted octanol–water partition coefficient (Wildman–Crippen LogP) is 4.80. The van der Waals surface area contributed by atoms with Crippen LogP contribution in [0.15, 0.2) is 28.4 Å². The van der Waals surface area contributed by atoms with Crippen LogP contribution in [0.2, 0.25) is 0 Å². The number of rotatable bonds is 2. The summed E-state index contributed by atoms with van der Waals surface area (Å²) >= 11 is 3.53. The van der Waals surface area contributed by atoms with E-state index >= 15 is 0 Å². The highest BCUT2D eigenvalue weighted by atomic mass is 79.9. The van der Waals surface area contributed by atoms with E-state index in [1.165, 1.54) is 0 Å². The molecule has 0 unspecified atom stereocenters. The van der Waals surface area contributed by atoms with Crippen molar-refractivity contribution in [1.29, 1.82) is 0 Å². The average Bonchev–Trinajstić information content (AvgIpc) is 3.04. The Balaban J connectivity index is 1.58. The first-order valence-electron chi connectivity index (χ1n) is 9.93. The smallest absolute Gasteiger partial charge is 0.232 e. The van der Waals surface area contributed by atoms with E-state index in [1.54, 1.807) is 6.08 Å². The Labute approximate surface area is 183 Å². The van der Waals surface area contributed by atoms with Gasteiger partial charge in [0.2, 0.25) is 5.78 Å². The van der Waals surface area contributed by atoms with E-state index in [0.717, 1.165) is 38.2 Å². The number of ketones is 1. The Morgan fingerprint density at radius 2 is 2.00 bits per heavy atom. The van der Waals surface area contributed by atoms with Crippen LogP contribution in [-0.2, 0) is 17.9 Å². The maximum Gasteiger partial charge on any atom is 0.232 e. The van der Waals surface area contributed by atoms with Crippen LogP contribution >= 0.6 is 15.9 Å². The van der Waals surface area contributed by atoms with Crippen molar-refractivity contribution in [2.24, 2.45) is 0 Å². The fraction of sp³-hybridized carbons (Fsp3) is 0.348. The van der Waals surface area contributed by atoms with Gasteiger partial charge in [-0.25, -0.2) is 0 Å². The maximum atomic E-state index is 13.3. The topological polar surface area (TPSA) is 57.2 Å².